The fourth-order valence-electron chi connectivity index (χ4n) is 3.12. The number of aromatic nitrogens is 1. The fourth-order valence-corrected chi connectivity index (χ4v) is 3.37. The normalized spacial score (nSPS) is 18.0. The molecule has 0 radical (unpaired) electrons. The second-order valence-electron chi connectivity index (χ2n) is 5.49. The smallest absolute Gasteiger partial charge is 0.258 e. The van der Waals surface area contributed by atoms with E-state index in [-0.39, 0.29) is 22.5 Å². The fraction of sp³-hybridized carbons (Fsp3) is 0.375. The van der Waals surface area contributed by atoms with Gasteiger partial charge in [-0.1, -0.05) is 22.8 Å². The summed E-state index contributed by atoms with van der Waals surface area (Å²) in [6, 6.07) is 4.12. The third-order valence-electron chi connectivity index (χ3n) is 4.11. The van der Waals surface area contributed by atoms with Crippen molar-refractivity contribution in [3.63, 3.8) is 0 Å². The van der Waals surface area contributed by atoms with E-state index < -0.39 is 5.82 Å². The van der Waals surface area contributed by atoms with Crippen molar-refractivity contribution in [2.24, 2.45) is 0 Å². The second kappa shape index (κ2) is 5.72. The van der Waals surface area contributed by atoms with Crippen LogP contribution in [-0.4, -0.2) is 22.5 Å². The topological polar surface area (TPSA) is 46.3 Å². The minimum absolute atomic E-state index is 0.0668. The zero-order chi connectivity index (χ0) is 15.9. The number of halogens is 2. The summed E-state index contributed by atoms with van der Waals surface area (Å²) < 4.78 is 19.2. The van der Waals surface area contributed by atoms with Gasteiger partial charge in [0.2, 0.25) is 0 Å². The highest BCUT2D eigenvalue weighted by atomic mass is 35.5. The van der Waals surface area contributed by atoms with Crippen molar-refractivity contribution >= 4 is 17.5 Å². The lowest BCUT2D eigenvalue weighted by Crippen LogP contribution is -2.31. The molecular formula is C16H16ClFN2O2. The van der Waals surface area contributed by atoms with Crippen LogP contribution in [0.5, 0.6) is 0 Å². The summed E-state index contributed by atoms with van der Waals surface area (Å²) in [5.41, 5.74) is 1.61. The Bertz CT molecular complexity index is 689. The first-order valence-electron chi connectivity index (χ1n) is 7.18. The standard InChI is InChI=1S/C16H16ClFN2O2/c1-9-14(10(2)22-19-9)13-7-4-8-20(13)16(21)15-11(17)5-3-6-12(15)18/h3,5-6,13H,4,7-8H2,1-2H3. The Balaban J connectivity index is 1.99. The number of nitrogens with zero attached hydrogens (tertiary/aromatic N) is 2. The molecule has 0 aliphatic carbocycles. The number of benzene rings is 1. The first-order chi connectivity index (χ1) is 10.5. The lowest BCUT2D eigenvalue weighted by molar-refractivity contribution is 0.0730. The highest BCUT2D eigenvalue weighted by Crippen LogP contribution is 2.37. The van der Waals surface area contributed by atoms with E-state index in [9.17, 15) is 9.18 Å². The molecule has 1 aromatic carbocycles. The van der Waals surface area contributed by atoms with E-state index in [1.54, 1.807) is 4.90 Å². The summed E-state index contributed by atoms with van der Waals surface area (Å²) in [7, 11) is 0. The highest BCUT2D eigenvalue weighted by Gasteiger charge is 2.35. The third-order valence-corrected chi connectivity index (χ3v) is 4.43. The number of rotatable bonds is 2. The average Bonchev–Trinajstić information content (AvgIpc) is 3.05. The zero-order valence-corrected chi connectivity index (χ0v) is 13.2. The quantitative estimate of drug-likeness (QED) is 0.837. The van der Waals surface area contributed by atoms with Crippen LogP contribution >= 0.6 is 11.6 Å². The van der Waals surface area contributed by atoms with Crippen LogP contribution in [0.4, 0.5) is 4.39 Å². The van der Waals surface area contributed by atoms with Gasteiger partial charge in [-0.3, -0.25) is 4.79 Å². The van der Waals surface area contributed by atoms with Crippen molar-refractivity contribution in [1.29, 1.82) is 0 Å². The predicted molar refractivity (Wildman–Crippen MR) is 80.4 cm³/mol. The molecule has 1 amide bonds. The molecule has 1 atom stereocenters. The Morgan fingerprint density at radius 3 is 2.86 bits per heavy atom. The summed E-state index contributed by atoms with van der Waals surface area (Å²) >= 11 is 6.02. The van der Waals surface area contributed by atoms with E-state index in [0.29, 0.717) is 12.3 Å². The Labute approximate surface area is 132 Å². The molecule has 4 nitrogen and oxygen atoms in total. The maximum Gasteiger partial charge on any atom is 0.258 e. The molecule has 1 fully saturated rings. The molecule has 3 rings (SSSR count). The van der Waals surface area contributed by atoms with Crippen LogP contribution in [0.2, 0.25) is 5.02 Å². The zero-order valence-electron chi connectivity index (χ0n) is 12.4. The number of hydrogen-bond donors (Lipinski definition) is 0. The van der Waals surface area contributed by atoms with Gasteiger partial charge in [0.05, 0.1) is 22.3 Å². The lowest BCUT2D eigenvalue weighted by Gasteiger charge is -2.25. The molecule has 0 bridgehead atoms. The predicted octanol–water partition coefficient (Wildman–Crippen LogP) is 4.06. The molecular weight excluding hydrogens is 307 g/mol. The molecule has 116 valence electrons. The Morgan fingerprint density at radius 1 is 1.45 bits per heavy atom. The van der Waals surface area contributed by atoms with E-state index in [4.69, 9.17) is 16.1 Å². The number of aryl methyl sites for hydroxylation is 2. The lowest BCUT2D eigenvalue weighted by atomic mass is 10.0. The van der Waals surface area contributed by atoms with Gasteiger partial charge in [-0.25, -0.2) is 4.39 Å². The summed E-state index contributed by atoms with van der Waals surface area (Å²) in [4.78, 5) is 14.4. The van der Waals surface area contributed by atoms with Gasteiger partial charge in [-0.2, -0.15) is 0 Å². The van der Waals surface area contributed by atoms with Crippen molar-refractivity contribution in [2.45, 2.75) is 32.7 Å². The molecule has 1 saturated heterocycles. The summed E-state index contributed by atoms with van der Waals surface area (Å²) in [6.07, 6.45) is 1.66. The van der Waals surface area contributed by atoms with Gasteiger partial charge in [0.25, 0.3) is 5.91 Å². The van der Waals surface area contributed by atoms with Crippen LogP contribution in [0.25, 0.3) is 0 Å². The van der Waals surface area contributed by atoms with Crippen molar-refractivity contribution in [2.75, 3.05) is 6.54 Å². The largest absolute Gasteiger partial charge is 0.361 e. The number of amides is 1. The van der Waals surface area contributed by atoms with Crippen LogP contribution in [-0.2, 0) is 0 Å². The molecule has 1 aliphatic rings. The van der Waals surface area contributed by atoms with Gasteiger partial charge >= 0.3 is 0 Å². The minimum atomic E-state index is -0.595. The summed E-state index contributed by atoms with van der Waals surface area (Å²) in [5.74, 6) is -0.283. The van der Waals surface area contributed by atoms with Crippen LogP contribution < -0.4 is 0 Å². The van der Waals surface area contributed by atoms with Gasteiger partial charge in [-0.15, -0.1) is 0 Å². The van der Waals surface area contributed by atoms with Crippen LogP contribution in [0.1, 0.15) is 46.3 Å². The SMILES string of the molecule is Cc1noc(C)c1C1CCCN1C(=O)c1c(F)cccc1Cl. The van der Waals surface area contributed by atoms with Crippen molar-refractivity contribution in [3.05, 3.63) is 51.6 Å². The molecule has 0 spiro atoms. The summed E-state index contributed by atoms with van der Waals surface area (Å²) in [5, 5.41) is 4.08. The number of likely N-dealkylation sites (tertiary alicyclic amines) is 1. The first-order valence-corrected chi connectivity index (χ1v) is 7.56. The Kier molecular flexibility index (Phi) is 3.91. The number of carbonyl (C=O) groups excluding carboxylic acids is 1. The molecule has 2 heterocycles. The van der Waals surface area contributed by atoms with Crippen molar-refractivity contribution in [3.8, 4) is 0 Å². The van der Waals surface area contributed by atoms with Crippen LogP contribution in [0, 0.1) is 19.7 Å². The van der Waals surface area contributed by atoms with Gasteiger partial charge < -0.3 is 9.42 Å². The van der Waals surface area contributed by atoms with E-state index in [1.165, 1.54) is 18.2 Å². The monoisotopic (exact) mass is 322 g/mol. The number of hydrogen-bond acceptors (Lipinski definition) is 3. The number of carbonyl (C=O) groups is 1. The van der Waals surface area contributed by atoms with E-state index in [1.807, 2.05) is 13.8 Å². The second-order valence-corrected chi connectivity index (χ2v) is 5.90. The summed E-state index contributed by atoms with van der Waals surface area (Å²) in [6.45, 7) is 4.24. The van der Waals surface area contributed by atoms with E-state index in [0.717, 1.165) is 24.1 Å². The van der Waals surface area contributed by atoms with Crippen LogP contribution in [0.3, 0.4) is 0 Å². The highest BCUT2D eigenvalue weighted by molar-refractivity contribution is 6.33. The molecule has 1 aromatic heterocycles. The third kappa shape index (κ3) is 2.39. The maximum atomic E-state index is 14.0. The van der Waals surface area contributed by atoms with Crippen molar-refractivity contribution in [1.82, 2.24) is 10.1 Å². The Morgan fingerprint density at radius 2 is 2.23 bits per heavy atom. The van der Waals surface area contributed by atoms with Gasteiger partial charge in [0.1, 0.15) is 11.6 Å². The molecule has 0 saturated carbocycles. The Hall–Kier alpha value is -1.88. The van der Waals surface area contributed by atoms with E-state index in [2.05, 4.69) is 5.16 Å². The molecule has 0 N–H and O–H groups in total. The average molecular weight is 323 g/mol. The van der Waals surface area contributed by atoms with Gasteiger partial charge in [-0.05, 0) is 38.8 Å². The molecule has 22 heavy (non-hydrogen) atoms. The molecule has 1 aliphatic heterocycles. The van der Waals surface area contributed by atoms with Gasteiger partial charge in [0, 0.05) is 12.1 Å². The maximum absolute atomic E-state index is 14.0. The minimum Gasteiger partial charge on any atom is -0.361 e. The molecule has 6 heteroatoms. The molecule has 2 aromatic rings. The van der Waals surface area contributed by atoms with Gasteiger partial charge in [0.15, 0.2) is 0 Å². The van der Waals surface area contributed by atoms with Crippen molar-refractivity contribution < 1.29 is 13.7 Å². The van der Waals surface area contributed by atoms with E-state index >= 15 is 0 Å². The van der Waals surface area contributed by atoms with Crippen LogP contribution in [0.15, 0.2) is 22.7 Å². The molecule has 1 unspecified atom stereocenters. The first kappa shape index (κ1) is 15.0.